The van der Waals surface area contributed by atoms with Crippen molar-refractivity contribution < 1.29 is 19.1 Å². The van der Waals surface area contributed by atoms with Crippen LogP contribution in [-0.2, 0) is 31.9 Å². The number of hydrogen-bond acceptors (Lipinski definition) is 4. The van der Waals surface area contributed by atoms with Crippen molar-refractivity contribution in [2.75, 3.05) is 37.7 Å². The number of anilines is 1. The number of para-hydroxylation sites is 1. The number of likely N-dealkylation sites (tertiary alicyclic amines) is 1. The minimum Gasteiger partial charge on any atom is -0.347 e. The van der Waals surface area contributed by atoms with Crippen LogP contribution in [0.25, 0.3) is 0 Å². The van der Waals surface area contributed by atoms with Crippen LogP contribution in [0.15, 0.2) is 18.2 Å². The molecule has 0 saturated carbocycles. The first kappa shape index (κ1) is 19.8. The highest BCUT2D eigenvalue weighted by molar-refractivity contribution is 5.98. The van der Waals surface area contributed by atoms with Crippen molar-refractivity contribution in [3.05, 3.63) is 29.3 Å². The number of nitrogens with zero attached hydrogens (tertiary/aromatic N) is 2. The summed E-state index contributed by atoms with van der Waals surface area (Å²) in [6.45, 7) is 8.20. The highest BCUT2D eigenvalue weighted by atomic mass is 16.7. The number of rotatable bonds is 5. The number of hydrogen-bond donors (Lipinski definition) is 0. The van der Waals surface area contributed by atoms with Gasteiger partial charge in [0.05, 0.1) is 18.9 Å². The predicted molar refractivity (Wildman–Crippen MR) is 104 cm³/mol. The maximum Gasteiger partial charge on any atom is 0.242 e. The number of carbonyl (C=O) groups excluding carboxylic acids is 2. The van der Waals surface area contributed by atoms with E-state index in [4.69, 9.17) is 9.47 Å². The molecule has 0 bridgehead atoms. The molecule has 2 amide bonds. The van der Waals surface area contributed by atoms with E-state index < -0.39 is 5.79 Å². The lowest BCUT2D eigenvalue weighted by Crippen LogP contribution is -2.50. The van der Waals surface area contributed by atoms with E-state index in [9.17, 15) is 9.59 Å². The van der Waals surface area contributed by atoms with Gasteiger partial charge < -0.3 is 19.3 Å². The van der Waals surface area contributed by atoms with Crippen molar-refractivity contribution >= 4 is 17.5 Å². The van der Waals surface area contributed by atoms with Crippen LogP contribution < -0.4 is 4.90 Å². The molecule has 2 fully saturated rings. The molecule has 0 aromatic heterocycles. The fourth-order valence-electron chi connectivity index (χ4n) is 4.03. The van der Waals surface area contributed by atoms with Crippen LogP contribution in [0, 0.1) is 0 Å². The largest absolute Gasteiger partial charge is 0.347 e. The van der Waals surface area contributed by atoms with E-state index in [-0.39, 0.29) is 18.4 Å². The highest BCUT2D eigenvalue weighted by Crippen LogP contribution is 2.32. The molecule has 2 aliphatic rings. The summed E-state index contributed by atoms with van der Waals surface area (Å²) < 4.78 is 11.5. The fourth-order valence-corrected chi connectivity index (χ4v) is 4.03. The maximum absolute atomic E-state index is 12.9. The summed E-state index contributed by atoms with van der Waals surface area (Å²) in [5.74, 6) is -0.623. The average molecular weight is 374 g/mol. The monoisotopic (exact) mass is 374 g/mol. The Morgan fingerprint density at radius 2 is 1.63 bits per heavy atom. The smallest absolute Gasteiger partial charge is 0.242 e. The summed E-state index contributed by atoms with van der Waals surface area (Å²) in [4.78, 5) is 28.8. The van der Waals surface area contributed by atoms with E-state index in [0.29, 0.717) is 39.1 Å². The number of ether oxygens (including phenoxy) is 2. The fraction of sp³-hybridized carbons (Fsp3) is 0.619. The Kier molecular flexibility index (Phi) is 6.17. The second kappa shape index (κ2) is 8.40. The molecule has 1 spiro atoms. The second-order valence-corrected chi connectivity index (χ2v) is 7.23. The van der Waals surface area contributed by atoms with Crippen LogP contribution in [0.4, 0.5) is 5.69 Å². The first-order chi connectivity index (χ1) is 13.0. The lowest BCUT2D eigenvalue weighted by molar-refractivity contribution is -0.187. The number of aryl methyl sites for hydroxylation is 2. The second-order valence-electron chi connectivity index (χ2n) is 7.23. The molecule has 0 radical (unpaired) electrons. The summed E-state index contributed by atoms with van der Waals surface area (Å²) in [6.07, 6.45) is 3.01. The Morgan fingerprint density at radius 1 is 1.07 bits per heavy atom. The van der Waals surface area contributed by atoms with E-state index in [1.54, 1.807) is 4.90 Å². The number of amides is 2. The molecule has 6 heteroatoms. The molecule has 2 saturated heterocycles. The molecule has 0 unspecified atom stereocenters. The Hall–Kier alpha value is -1.92. The quantitative estimate of drug-likeness (QED) is 0.795. The minimum atomic E-state index is -0.499. The highest BCUT2D eigenvalue weighted by Gasteiger charge is 2.41. The lowest BCUT2D eigenvalue weighted by atomic mass is 10.0. The van der Waals surface area contributed by atoms with Crippen molar-refractivity contribution in [2.24, 2.45) is 0 Å². The molecule has 1 aromatic rings. The van der Waals surface area contributed by atoms with Gasteiger partial charge in [-0.3, -0.25) is 9.59 Å². The zero-order valence-corrected chi connectivity index (χ0v) is 16.6. The van der Waals surface area contributed by atoms with Crippen LogP contribution in [0.1, 0.15) is 44.7 Å². The summed E-state index contributed by atoms with van der Waals surface area (Å²) in [5.41, 5.74) is 3.10. The van der Waals surface area contributed by atoms with Gasteiger partial charge in [0.2, 0.25) is 11.8 Å². The third-order valence-electron chi connectivity index (χ3n) is 5.60. The first-order valence-electron chi connectivity index (χ1n) is 9.94. The molecule has 2 aliphatic heterocycles. The van der Waals surface area contributed by atoms with Crippen molar-refractivity contribution in [3.8, 4) is 0 Å². The standard InChI is InChI=1S/C21H30N2O4/c1-4-17-7-6-8-18(5-2)20(17)23(16(3)24)15-19(25)22-11-9-21(10-12-22)26-13-14-27-21/h6-8H,4-5,9-15H2,1-3H3. The van der Waals surface area contributed by atoms with Crippen molar-refractivity contribution in [2.45, 2.75) is 52.2 Å². The zero-order chi connectivity index (χ0) is 19.4. The Balaban J connectivity index is 1.74. The molecule has 6 nitrogen and oxygen atoms in total. The number of piperidine rings is 1. The van der Waals surface area contributed by atoms with Crippen LogP contribution in [0.3, 0.4) is 0 Å². The first-order valence-corrected chi connectivity index (χ1v) is 9.94. The molecule has 0 atom stereocenters. The lowest BCUT2D eigenvalue weighted by Gasteiger charge is -2.38. The van der Waals surface area contributed by atoms with Gasteiger partial charge in [0.15, 0.2) is 5.79 Å². The van der Waals surface area contributed by atoms with Gasteiger partial charge in [0.25, 0.3) is 0 Å². The molecular formula is C21H30N2O4. The summed E-state index contributed by atoms with van der Waals surface area (Å²) in [5, 5.41) is 0. The molecule has 27 heavy (non-hydrogen) atoms. The van der Waals surface area contributed by atoms with Gasteiger partial charge in [-0.1, -0.05) is 32.0 Å². The van der Waals surface area contributed by atoms with E-state index in [2.05, 4.69) is 13.8 Å². The molecule has 0 N–H and O–H groups in total. The van der Waals surface area contributed by atoms with Gasteiger partial charge in [-0.2, -0.15) is 0 Å². The minimum absolute atomic E-state index is 0.0222. The Bertz CT molecular complexity index is 665. The number of benzene rings is 1. The molecular weight excluding hydrogens is 344 g/mol. The van der Waals surface area contributed by atoms with Gasteiger partial charge >= 0.3 is 0 Å². The van der Waals surface area contributed by atoms with E-state index >= 15 is 0 Å². The summed E-state index contributed by atoms with van der Waals surface area (Å²) in [7, 11) is 0. The molecule has 0 aliphatic carbocycles. The Labute approximate surface area is 161 Å². The average Bonchev–Trinajstić information content (AvgIpc) is 3.13. The zero-order valence-electron chi connectivity index (χ0n) is 16.6. The maximum atomic E-state index is 12.9. The van der Waals surface area contributed by atoms with Gasteiger partial charge in [0.1, 0.15) is 6.54 Å². The Morgan fingerprint density at radius 3 is 2.11 bits per heavy atom. The van der Waals surface area contributed by atoms with E-state index in [1.807, 2.05) is 23.1 Å². The van der Waals surface area contributed by atoms with Crippen LogP contribution >= 0.6 is 0 Å². The van der Waals surface area contributed by atoms with E-state index in [0.717, 1.165) is 29.7 Å². The summed E-state index contributed by atoms with van der Waals surface area (Å²) in [6, 6.07) is 6.09. The topological polar surface area (TPSA) is 59.1 Å². The van der Waals surface area contributed by atoms with Crippen molar-refractivity contribution in [1.29, 1.82) is 0 Å². The molecule has 2 heterocycles. The van der Waals surface area contributed by atoms with Crippen LogP contribution in [-0.4, -0.2) is 55.3 Å². The van der Waals surface area contributed by atoms with Gasteiger partial charge in [-0.05, 0) is 24.0 Å². The van der Waals surface area contributed by atoms with Gasteiger partial charge in [-0.15, -0.1) is 0 Å². The van der Waals surface area contributed by atoms with Crippen LogP contribution in [0.2, 0.25) is 0 Å². The number of carbonyl (C=O) groups is 2. The van der Waals surface area contributed by atoms with Crippen molar-refractivity contribution in [3.63, 3.8) is 0 Å². The van der Waals surface area contributed by atoms with E-state index in [1.165, 1.54) is 6.92 Å². The third kappa shape index (κ3) is 4.17. The molecule has 148 valence electrons. The van der Waals surface area contributed by atoms with Gasteiger partial charge in [0, 0.05) is 32.9 Å². The normalized spacial score (nSPS) is 18.7. The third-order valence-corrected chi connectivity index (χ3v) is 5.60. The molecule has 3 rings (SSSR count). The SMILES string of the molecule is CCc1cccc(CC)c1N(CC(=O)N1CCC2(CC1)OCCO2)C(C)=O. The van der Waals surface area contributed by atoms with Gasteiger partial charge in [-0.25, -0.2) is 0 Å². The van der Waals surface area contributed by atoms with Crippen molar-refractivity contribution in [1.82, 2.24) is 4.90 Å². The molecule has 1 aromatic carbocycles. The summed E-state index contributed by atoms with van der Waals surface area (Å²) >= 11 is 0. The predicted octanol–water partition coefficient (Wildman–Crippen LogP) is 2.53. The van der Waals surface area contributed by atoms with Crippen LogP contribution in [0.5, 0.6) is 0 Å².